The molecule has 1 aliphatic rings. The number of nitrogens with zero attached hydrogens (tertiary/aromatic N) is 1. The number of aromatic nitrogens is 1. The van der Waals surface area contributed by atoms with E-state index in [-0.39, 0.29) is 11.9 Å². The Morgan fingerprint density at radius 3 is 3.06 bits per heavy atom. The molecule has 1 aromatic heterocycles. The smallest absolute Gasteiger partial charge is 0.253 e. The highest BCUT2D eigenvalue weighted by Crippen LogP contribution is 2.32. The molecule has 0 radical (unpaired) electrons. The molecule has 0 aromatic carbocycles. The van der Waals surface area contributed by atoms with Crippen LogP contribution in [-0.4, -0.2) is 10.9 Å². The van der Waals surface area contributed by atoms with Crippen molar-refractivity contribution in [2.24, 2.45) is 5.92 Å². The number of hydrogen-bond donors (Lipinski definition) is 1. The average Bonchev–Trinajstić information content (AvgIpc) is 2.68. The van der Waals surface area contributed by atoms with Gasteiger partial charge in [0.2, 0.25) is 0 Å². The van der Waals surface area contributed by atoms with E-state index in [1.807, 2.05) is 6.07 Å². The Bertz CT molecular complexity index is 403. The van der Waals surface area contributed by atoms with Crippen LogP contribution in [0.5, 0.6) is 0 Å². The number of carbonyl (C=O) groups is 1. The molecule has 0 saturated carbocycles. The molecule has 3 heteroatoms. The molecular weight excluding hydrogens is 212 g/mol. The Balaban J connectivity index is 2.06. The van der Waals surface area contributed by atoms with Gasteiger partial charge in [-0.25, -0.2) is 0 Å². The second-order valence-corrected chi connectivity index (χ2v) is 4.89. The van der Waals surface area contributed by atoms with Crippen LogP contribution in [0.4, 0.5) is 0 Å². The topological polar surface area (TPSA) is 42.0 Å². The van der Waals surface area contributed by atoms with E-state index in [4.69, 9.17) is 0 Å². The molecular formula is C14H20N2O. The normalized spacial score (nSPS) is 19.9. The van der Waals surface area contributed by atoms with Gasteiger partial charge in [-0.05, 0) is 24.0 Å². The van der Waals surface area contributed by atoms with Crippen LogP contribution in [0.2, 0.25) is 0 Å². The standard InChI is InChI=1S/C14H20N2O/c1-3-4-5-6-10(2)13-11-7-8-15-9-12(11)14(17)16-13/h7-10,13H,3-6H2,1-2H3,(H,16,17). The van der Waals surface area contributed by atoms with E-state index in [9.17, 15) is 4.79 Å². The van der Waals surface area contributed by atoms with E-state index in [0.29, 0.717) is 5.92 Å². The van der Waals surface area contributed by atoms with Crippen molar-refractivity contribution < 1.29 is 4.79 Å². The van der Waals surface area contributed by atoms with Crippen LogP contribution in [0.15, 0.2) is 18.5 Å². The largest absolute Gasteiger partial charge is 0.345 e. The molecule has 2 rings (SSSR count). The van der Waals surface area contributed by atoms with Gasteiger partial charge in [0.15, 0.2) is 0 Å². The minimum absolute atomic E-state index is 0.0282. The summed E-state index contributed by atoms with van der Waals surface area (Å²) in [6, 6.07) is 2.14. The fourth-order valence-electron chi connectivity index (χ4n) is 2.49. The van der Waals surface area contributed by atoms with E-state index >= 15 is 0 Å². The first-order chi connectivity index (χ1) is 8.24. The average molecular weight is 232 g/mol. The highest BCUT2D eigenvalue weighted by atomic mass is 16.2. The number of hydrogen-bond acceptors (Lipinski definition) is 2. The Morgan fingerprint density at radius 1 is 1.47 bits per heavy atom. The van der Waals surface area contributed by atoms with Crippen molar-refractivity contribution >= 4 is 5.91 Å². The van der Waals surface area contributed by atoms with Gasteiger partial charge in [0, 0.05) is 12.4 Å². The number of unbranched alkanes of at least 4 members (excludes halogenated alkanes) is 2. The summed E-state index contributed by atoms with van der Waals surface area (Å²) in [5.41, 5.74) is 1.87. The summed E-state index contributed by atoms with van der Waals surface area (Å²) < 4.78 is 0. The molecule has 0 fully saturated rings. The number of nitrogens with one attached hydrogen (secondary N) is 1. The molecule has 1 aromatic rings. The number of pyridine rings is 1. The molecule has 2 unspecified atom stereocenters. The second-order valence-electron chi connectivity index (χ2n) is 4.89. The SMILES string of the molecule is CCCCCC(C)C1NC(=O)c2cnccc21. The highest BCUT2D eigenvalue weighted by Gasteiger charge is 2.31. The zero-order valence-electron chi connectivity index (χ0n) is 10.6. The number of rotatable bonds is 5. The first-order valence-corrected chi connectivity index (χ1v) is 6.48. The van der Waals surface area contributed by atoms with Crippen molar-refractivity contribution in [3.63, 3.8) is 0 Å². The Kier molecular flexibility index (Phi) is 3.77. The maximum absolute atomic E-state index is 11.8. The summed E-state index contributed by atoms with van der Waals surface area (Å²) in [7, 11) is 0. The van der Waals surface area contributed by atoms with Gasteiger partial charge in [-0.3, -0.25) is 9.78 Å². The molecule has 17 heavy (non-hydrogen) atoms. The second kappa shape index (κ2) is 5.30. The van der Waals surface area contributed by atoms with Crippen LogP contribution in [0, 0.1) is 5.92 Å². The fourth-order valence-corrected chi connectivity index (χ4v) is 2.49. The number of fused-ring (bicyclic) bond motifs is 1. The van der Waals surface area contributed by atoms with Crippen molar-refractivity contribution in [1.82, 2.24) is 10.3 Å². The van der Waals surface area contributed by atoms with Gasteiger partial charge in [0.25, 0.3) is 5.91 Å². The van der Waals surface area contributed by atoms with Gasteiger partial charge < -0.3 is 5.32 Å². The zero-order chi connectivity index (χ0) is 12.3. The summed E-state index contributed by atoms with van der Waals surface area (Å²) in [5.74, 6) is 0.523. The lowest BCUT2D eigenvalue weighted by Crippen LogP contribution is -2.24. The van der Waals surface area contributed by atoms with Crippen LogP contribution >= 0.6 is 0 Å². The van der Waals surface area contributed by atoms with Crippen LogP contribution < -0.4 is 5.32 Å². The van der Waals surface area contributed by atoms with E-state index in [2.05, 4.69) is 24.1 Å². The van der Waals surface area contributed by atoms with Crippen LogP contribution in [0.3, 0.4) is 0 Å². The fraction of sp³-hybridized carbons (Fsp3) is 0.571. The number of amides is 1. The highest BCUT2D eigenvalue weighted by molar-refractivity contribution is 5.98. The van der Waals surface area contributed by atoms with E-state index in [1.54, 1.807) is 12.4 Å². The molecule has 1 amide bonds. The predicted octanol–water partition coefficient (Wildman–Crippen LogP) is 3.08. The lowest BCUT2D eigenvalue weighted by molar-refractivity contribution is 0.0946. The lowest BCUT2D eigenvalue weighted by atomic mass is 9.91. The van der Waals surface area contributed by atoms with Gasteiger partial charge in [-0.15, -0.1) is 0 Å². The Morgan fingerprint density at radius 2 is 2.29 bits per heavy atom. The molecule has 2 heterocycles. The molecule has 0 bridgehead atoms. The van der Waals surface area contributed by atoms with Crippen molar-refractivity contribution in [1.29, 1.82) is 0 Å². The van der Waals surface area contributed by atoms with Gasteiger partial charge in [-0.1, -0.05) is 33.1 Å². The Hall–Kier alpha value is -1.38. The zero-order valence-corrected chi connectivity index (χ0v) is 10.6. The van der Waals surface area contributed by atoms with E-state index in [1.165, 1.54) is 25.7 Å². The molecule has 0 saturated heterocycles. The van der Waals surface area contributed by atoms with Crippen molar-refractivity contribution in [2.75, 3.05) is 0 Å². The lowest BCUT2D eigenvalue weighted by Gasteiger charge is -2.20. The van der Waals surface area contributed by atoms with Crippen molar-refractivity contribution in [3.05, 3.63) is 29.6 Å². The van der Waals surface area contributed by atoms with Gasteiger partial charge in [0.05, 0.1) is 11.6 Å². The minimum Gasteiger partial charge on any atom is -0.345 e. The van der Waals surface area contributed by atoms with Gasteiger partial charge in [0.1, 0.15) is 0 Å². The Labute approximate surface area is 103 Å². The van der Waals surface area contributed by atoms with E-state index in [0.717, 1.165) is 11.1 Å². The van der Waals surface area contributed by atoms with Crippen LogP contribution in [0.25, 0.3) is 0 Å². The maximum atomic E-state index is 11.8. The number of carbonyl (C=O) groups excluding carboxylic acids is 1. The first-order valence-electron chi connectivity index (χ1n) is 6.48. The summed E-state index contributed by atoms with van der Waals surface area (Å²) in [5, 5.41) is 3.07. The summed E-state index contributed by atoms with van der Waals surface area (Å²) >= 11 is 0. The van der Waals surface area contributed by atoms with Gasteiger partial charge >= 0.3 is 0 Å². The quantitative estimate of drug-likeness (QED) is 0.793. The van der Waals surface area contributed by atoms with Crippen molar-refractivity contribution in [3.8, 4) is 0 Å². The molecule has 0 spiro atoms. The summed E-state index contributed by atoms with van der Waals surface area (Å²) in [6.07, 6.45) is 8.36. The van der Waals surface area contributed by atoms with Crippen LogP contribution in [-0.2, 0) is 0 Å². The third kappa shape index (κ3) is 2.48. The predicted molar refractivity (Wildman–Crippen MR) is 67.8 cm³/mol. The maximum Gasteiger partial charge on any atom is 0.253 e. The third-order valence-electron chi connectivity index (χ3n) is 3.55. The molecule has 3 nitrogen and oxygen atoms in total. The van der Waals surface area contributed by atoms with Gasteiger partial charge in [-0.2, -0.15) is 0 Å². The van der Waals surface area contributed by atoms with E-state index < -0.39 is 0 Å². The summed E-state index contributed by atoms with van der Waals surface area (Å²) in [4.78, 5) is 15.8. The third-order valence-corrected chi connectivity index (χ3v) is 3.55. The monoisotopic (exact) mass is 232 g/mol. The minimum atomic E-state index is 0.0282. The van der Waals surface area contributed by atoms with Crippen LogP contribution in [0.1, 0.15) is 61.5 Å². The summed E-state index contributed by atoms with van der Waals surface area (Å²) in [6.45, 7) is 4.43. The first kappa shape index (κ1) is 12.1. The molecule has 1 N–H and O–H groups in total. The molecule has 1 aliphatic heterocycles. The molecule has 0 aliphatic carbocycles. The molecule has 92 valence electrons. The van der Waals surface area contributed by atoms with Crippen molar-refractivity contribution in [2.45, 2.75) is 45.6 Å². The molecule has 2 atom stereocenters.